The van der Waals surface area contributed by atoms with Crippen molar-refractivity contribution in [2.24, 2.45) is 5.92 Å². The lowest BCUT2D eigenvalue weighted by Crippen LogP contribution is -2.39. The number of carbonyl (C=O) groups is 1. The van der Waals surface area contributed by atoms with Crippen LogP contribution in [0.25, 0.3) is 0 Å². The molecular weight excluding hydrogens is 378 g/mol. The van der Waals surface area contributed by atoms with E-state index >= 15 is 0 Å². The predicted octanol–water partition coefficient (Wildman–Crippen LogP) is 3.74. The van der Waals surface area contributed by atoms with Crippen molar-refractivity contribution in [1.29, 1.82) is 0 Å². The number of methoxy groups -OCH3 is 1. The Balaban J connectivity index is 1.58. The lowest BCUT2D eigenvalue weighted by atomic mass is 10.2. The van der Waals surface area contributed by atoms with Gasteiger partial charge < -0.3 is 24.6 Å². The monoisotopic (exact) mass is 411 g/mol. The van der Waals surface area contributed by atoms with Gasteiger partial charge in [-0.05, 0) is 68.5 Å². The summed E-state index contributed by atoms with van der Waals surface area (Å²) in [6.07, 6.45) is 0.187. The molecule has 0 radical (unpaired) electrons. The molecule has 3 rings (SSSR count). The molecule has 1 fully saturated rings. The van der Waals surface area contributed by atoms with Crippen LogP contribution in [0.4, 0.5) is 11.4 Å². The van der Waals surface area contributed by atoms with Gasteiger partial charge in [0, 0.05) is 37.1 Å². The number of hydrogen-bond donors (Lipinski definition) is 1. The molecule has 2 aromatic rings. The average molecular weight is 412 g/mol. The summed E-state index contributed by atoms with van der Waals surface area (Å²) in [7, 11) is 5.94. The number of carbonyl (C=O) groups excluding carboxylic acids is 1. The Morgan fingerprint density at radius 1 is 1.10 bits per heavy atom. The first kappa shape index (κ1) is 22.1. The molecule has 1 saturated heterocycles. The Hall–Kier alpha value is -2.57. The molecule has 1 aliphatic rings. The molecule has 2 atom stereocenters. The standard InChI is InChI=1S/C24H33N3O3/c1-17(2)16-30-21-12-6-18(7-13-21)24(28)25-19-8-10-20(11-9-19)27-14-22(26(3)4)23(15-27)29-5/h6-13,17,22-23H,14-16H2,1-5H3,(H,25,28). The number of nitrogens with one attached hydrogen (secondary N) is 1. The van der Waals surface area contributed by atoms with E-state index in [4.69, 9.17) is 9.47 Å². The Kier molecular flexibility index (Phi) is 7.34. The molecule has 2 aromatic carbocycles. The maximum atomic E-state index is 12.5. The fourth-order valence-corrected chi connectivity index (χ4v) is 3.62. The number of rotatable bonds is 8. The van der Waals surface area contributed by atoms with E-state index in [1.807, 2.05) is 36.4 Å². The molecule has 6 nitrogen and oxygen atoms in total. The zero-order chi connectivity index (χ0) is 21.7. The lowest BCUT2D eigenvalue weighted by Gasteiger charge is -2.23. The summed E-state index contributed by atoms with van der Waals surface area (Å²) in [4.78, 5) is 17.1. The summed E-state index contributed by atoms with van der Waals surface area (Å²) in [6, 6.07) is 15.6. The van der Waals surface area contributed by atoms with Crippen LogP contribution in [0.1, 0.15) is 24.2 Å². The number of hydrogen-bond acceptors (Lipinski definition) is 5. The second kappa shape index (κ2) is 9.96. The second-order valence-corrected chi connectivity index (χ2v) is 8.44. The maximum absolute atomic E-state index is 12.5. The molecule has 30 heavy (non-hydrogen) atoms. The molecule has 1 aliphatic heterocycles. The van der Waals surface area contributed by atoms with Crippen molar-refractivity contribution in [2.75, 3.05) is 51.1 Å². The van der Waals surface area contributed by atoms with Crippen molar-refractivity contribution in [2.45, 2.75) is 26.0 Å². The Bertz CT molecular complexity index is 819. The van der Waals surface area contributed by atoms with Gasteiger partial charge in [-0.25, -0.2) is 0 Å². The molecule has 0 aromatic heterocycles. The van der Waals surface area contributed by atoms with Crippen LogP contribution in [0.5, 0.6) is 5.75 Å². The summed E-state index contributed by atoms with van der Waals surface area (Å²) in [6.45, 7) is 6.65. The van der Waals surface area contributed by atoms with Gasteiger partial charge in [0.05, 0.1) is 18.8 Å². The van der Waals surface area contributed by atoms with Gasteiger partial charge in [0.25, 0.3) is 5.91 Å². The summed E-state index contributed by atoms with van der Waals surface area (Å²) < 4.78 is 11.3. The van der Waals surface area contributed by atoms with Gasteiger partial charge in [-0.2, -0.15) is 0 Å². The van der Waals surface area contributed by atoms with Crippen LogP contribution in [0, 0.1) is 5.92 Å². The Morgan fingerprint density at radius 3 is 2.30 bits per heavy atom. The second-order valence-electron chi connectivity index (χ2n) is 8.44. The van der Waals surface area contributed by atoms with E-state index in [0.29, 0.717) is 24.1 Å². The fraction of sp³-hybridized carbons (Fsp3) is 0.458. The van der Waals surface area contributed by atoms with Gasteiger partial charge in [-0.3, -0.25) is 4.79 Å². The SMILES string of the molecule is COC1CN(c2ccc(NC(=O)c3ccc(OCC(C)C)cc3)cc2)CC1N(C)C. The number of anilines is 2. The van der Waals surface area contributed by atoms with Gasteiger partial charge in [-0.15, -0.1) is 0 Å². The van der Waals surface area contributed by atoms with E-state index in [1.54, 1.807) is 19.2 Å². The van der Waals surface area contributed by atoms with Crippen molar-refractivity contribution in [3.63, 3.8) is 0 Å². The molecule has 6 heteroatoms. The van der Waals surface area contributed by atoms with Gasteiger partial charge in [-0.1, -0.05) is 13.8 Å². The summed E-state index contributed by atoms with van der Waals surface area (Å²) in [5.41, 5.74) is 2.51. The van der Waals surface area contributed by atoms with E-state index < -0.39 is 0 Å². The number of ether oxygens (including phenoxy) is 2. The van der Waals surface area contributed by atoms with Crippen LogP contribution in [0.15, 0.2) is 48.5 Å². The molecule has 0 aliphatic carbocycles. The highest BCUT2D eigenvalue weighted by Gasteiger charge is 2.34. The normalized spacial score (nSPS) is 18.8. The first-order chi connectivity index (χ1) is 14.4. The van der Waals surface area contributed by atoms with Gasteiger partial charge >= 0.3 is 0 Å². The van der Waals surface area contributed by atoms with Gasteiger partial charge in [0.15, 0.2) is 0 Å². The molecule has 0 spiro atoms. The van der Waals surface area contributed by atoms with E-state index in [1.165, 1.54) is 0 Å². The Labute approximate surface area is 179 Å². The topological polar surface area (TPSA) is 54.0 Å². The van der Waals surface area contributed by atoms with Gasteiger partial charge in [0.2, 0.25) is 0 Å². The molecular formula is C24H33N3O3. The zero-order valence-corrected chi connectivity index (χ0v) is 18.6. The van der Waals surface area contributed by atoms with E-state index in [-0.39, 0.29) is 12.0 Å². The number of likely N-dealkylation sites (N-methyl/N-ethyl adjacent to an activating group) is 1. The molecule has 162 valence electrons. The highest BCUT2D eigenvalue weighted by atomic mass is 16.5. The largest absolute Gasteiger partial charge is 0.493 e. The average Bonchev–Trinajstić information content (AvgIpc) is 3.18. The van der Waals surface area contributed by atoms with Crippen molar-refractivity contribution in [3.05, 3.63) is 54.1 Å². The third kappa shape index (κ3) is 5.52. The molecule has 1 heterocycles. The minimum absolute atomic E-state index is 0.133. The maximum Gasteiger partial charge on any atom is 0.255 e. The lowest BCUT2D eigenvalue weighted by molar-refractivity contribution is 0.0639. The van der Waals surface area contributed by atoms with Crippen molar-refractivity contribution >= 4 is 17.3 Å². The Morgan fingerprint density at radius 2 is 1.77 bits per heavy atom. The molecule has 0 bridgehead atoms. The van der Waals surface area contributed by atoms with E-state index in [0.717, 1.165) is 30.2 Å². The number of benzene rings is 2. The first-order valence-electron chi connectivity index (χ1n) is 10.5. The van der Waals surface area contributed by atoms with Crippen LogP contribution in [0.3, 0.4) is 0 Å². The predicted molar refractivity (Wildman–Crippen MR) is 122 cm³/mol. The summed E-state index contributed by atoms with van der Waals surface area (Å²) in [5, 5.41) is 2.96. The van der Waals surface area contributed by atoms with Crippen LogP contribution in [-0.2, 0) is 4.74 Å². The number of amides is 1. The molecule has 1 amide bonds. The van der Waals surface area contributed by atoms with Crippen LogP contribution in [0.2, 0.25) is 0 Å². The molecule has 0 saturated carbocycles. The van der Waals surface area contributed by atoms with E-state index in [9.17, 15) is 4.79 Å². The van der Waals surface area contributed by atoms with Crippen LogP contribution >= 0.6 is 0 Å². The number of nitrogens with zero attached hydrogens (tertiary/aromatic N) is 2. The van der Waals surface area contributed by atoms with Crippen molar-refractivity contribution in [1.82, 2.24) is 4.90 Å². The molecule has 1 N–H and O–H groups in total. The highest BCUT2D eigenvalue weighted by molar-refractivity contribution is 6.04. The zero-order valence-electron chi connectivity index (χ0n) is 18.6. The molecule has 2 unspecified atom stereocenters. The van der Waals surface area contributed by atoms with Crippen molar-refractivity contribution < 1.29 is 14.3 Å². The highest BCUT2D eigenvalue weighted by Crippen LogP contribution is 2.25. The fourth-order valence-electron chi connectivity index (χ4n) is 3.62. The summed E-state index contributed by atoms with van der Waals surface area (Å²) in [5.74, 6) is 1.11. The third-order valence-electron chi connectivity index (χ3n) is 5.39. The summed E-state index contributed by atoms with van der Waals surface area (Å²) >= 11 is 0. The van der Waals surface area contributed by atoms with E-state index in [2.05, 4.69) is 43.1 Å². The minimum atomic E-state index is -0.133. The van der Waals surface area contributed by atoms with Crippen molar-refractivity contribution in [3.8, 4) is 5.75 Å². The smallest absolute Gasteiger partial charge is 0.255 e. The third-order valence-corrected chi connectivity index (χ3v) is 5.39. The quantitative estimate of drug-likeness (QED) is 0.717. The van der Waals surface area contributed by atoms with Crippen LogP contribution < -0.4 is 15.0 Å². The van der Waals surface area contributed by atoms with Crippen LogP contribution in [-0.4, -0.2) is 63.9 Å². The minimum Gasteiger partial charge on any atom is -0.493 e. The van der Waals surface area contributed by atoms with Gasteiger partial charge in [0.1, 0.15) is 5.75 Å². The first-order valence-corrected chi connectivity index (χ1v) is 10.5.